The first-order valence-corrected chi connectivity index (χ1v) is 4.60. The standard InChI is InChI=1S/C10H14N2O2/c1-3-7(2)12-9-8(10(13)14)5-4-6-11-9/h4-7H,3H2,1-2H3,(H,11,12)(H,13,14). The molecule has 4 nitrogen and oxygen atoms in total. The number of nitrogens with one attached hydrogen (secondary N) is 1. The van der Waals surface area contributed by atoms with Crippen LogP contribution in [0.15, 0.2) is 18.3 Å². The number of aromatic nitrogens is 1. The van der Waals surface area contributed by atoms with Gasteiger partial charge >= 0.3 is 5.97 Å². The van der Waals surface area contributed by atoms with Crippen molar-refractivity contribution in [1.29, 1.82) is 0 Å². The lowest BCUT2D eigenvalue weighted by atomic mass is 10.2. The van der Waals surface area contributed by atoms with Gasteiger partial charge in [-0.3, -0.25) is 0 Å². The van der Waals surface area contributed by atoms with Crippen molar-refractivity contribution in [2.45, 2.75) is 26.3 Å². The Bertz CT molecular complexity index is 326. The smallest absolute Gasteiger partial charge is 0.339 e. The molecule has 1 unspecified atom stereocenters. The van der Waals surface area contributed by atoms with Crippen LogP contribution in [0.3, 0.4) is 0 Å². The summed E-state index contributed by atoms with van der Waals surface area (Å²) in [5, 5.41) is 11.9. The van der Waals surface area contributed by atoms with E-state index in [0.717, 1.165) is 6.42 Å². The van der Waals surface area contributed by atoms with E-state index in [1.54, 1.807) is 18.3 Å². The lowest BCUT2D eigenvalue weighted by Crippen LogP contribution is -2.17. The summed E-state index contributed by atoms with van der Waals surface area (Å²) < 4.78 is 0. The van der Waals surface area contributed by atoms with Crippen molar-refractivity contribution in [3.05, 3.63) is 23.9 Å². The van der Waals surface area contributed by atoms with Crippen molar-refractivity contribution in [2.75, 3.05) is 5.32 Å². The molecule has 14 heavy (non-hydrogen) atoms. The molecular formula is C10H14N2O2. The van der Waals surface area contributed by atoms with Gasteiger partial charge in [-0.15, -0.1) is 0 Å². The van der Waals surface area contributed by atoms with Crippen LogP contribution in [-0.4, -0.2) is 22.1 Å². The molecule has 0 aromatic carbocycles. The number of hydrogen-bond acceptors (Lipinski definition) is 3. The van der Waals surface area contributed by atoms with E-state index in [4.69, 9.17) is 5.11 Å². The van der Waals surface area contributed by atoms with Crippen LogP contribution < -0.4 is 5.32 Å². The van der Waals surface area contributed by atoms with Crippen LogP contribution in [0.5, 0.6) is 0 Å². The lowest BCUT2D eigenvalue weighted by Gasteiger charge is -2.13. The third-order valence-electron chi connectivity index (χ3n) is 2.03. The molecule has 0 spiro atoms. The molecule has 1 aromatic rings. The maximum Gasteiger partial charge on any atom is 0.339 e. The minimum absolute atomic E-state index is 0.216. The molecule has 0 amide bonds. The van der Waals surface area contributed by atoms with Crippen LogP contribution in [0.1, 0.15) is 30.6 Å². The van der Waals surface area contributed by atoms with E-state index < -0.39 is 5.97 Å². The molecule has 0 bridgehead atoms. The zero-order chi connectivity index (χ0) is 10.6. The van der Waals surface area contributed by atoms with Crippen molar-refractivity contribution in [2.24, 2.45) is 0 Å². The normalized spacial score (nSPS) is 12.1. The molecule has 4 heteroatoms. The second-order valence-corrected chi connectivity index (χ2v) is 3.16. The first-order valence-electron chi connectivity index (χ1n) is 4.60. The summed E-state index contributed by atoms with van der Waals surface area (Å²) in [6.45, 7) is 4.02. The average Bonchev–Trinajstić information content (AvgIpc) is 2.18. The van der Waals surface area contributed by atoms with E-state index in [9.17, 15) is 4.79 Å². The van der Waals surface area contributed by atoms with Gasteiger partial charge in [0.05, 0.1) is 0 Å². The Morgan fingerprint density at radius 2 is 2.43 bits per heavy atom. The first kappa shape index (κ1) is 10.5. The molecule has 0 saturated carbocycles. The number of hydrogen-bond donors (Lipinski definition) is 2. The summed E-state index contributed by atoms with van der Waals surface area (Å²) in [5.74, 6) is -0.516. The van der Waals surface area contributed by atoms with Crippen LogP contribution >= 0.6 is 0 Å². The van der Waals surface area contributed by atoms with Crippen LogP contribution in [0.25, 0.3) is 0 Å². The SMILES string of the molecule is CCC(C)Nc1ncccc1C(=O)O. The van der Waals surface area contributed by atoms with Crippen molar-refractivity contribution in [1.82, 2.24) is 4.98 Å². The second kappa shape index (κ2) is 4.60. The fraction of sp³-hybridized carbons (Fsp3) is 0.400. The average molecular weight is 194 g/mol. The van der Waals surface area contributed by atoms with Gasteiger partial charge in [-0.25, -0.2) is 9.78 Å². The van der Waals surface area contributed by atoms with Gasteiger partial charge in [0.25, 0.3) is 0 Å². The zero-order valence-corrected chi connectivity index (χ0v) is 8.32. The number of carboxylic acid groups (broad SMARTS) is 1. The largest absolute Gasteiger partial charge is 0.478 e. The van der Waals surface area contributed by atoms with Gasteiger partial charge in [-0.2, -0.15) is 0 Å². The van der Waals surface area contributed by atoms with E-state index in [-0.39, 0.29) is 11.6 Å². The highest BCUT2D eigenvalue weighted by molar-refractivity contribution is 5.93. The minimum Gasteiger partial charge on any atom is -0.478 e. The number of aromatic carboxylic acids is 1. The van der Waals surface area contributed by atoms with Gasteiger partial charge < -0.3 is 10.4 Å². The molecule has 76 valence electrons. The van der Waals surface area contributed by atoms with Gasteiger partial charge in [-0.1, -0.05) is 6.92 Å². The molecule has 0 radical (unpaired) electrons. The zero-order valence-electron chi connectivity index (χ0n) is 8.32. The fourth-order valence-electron chi connectivity index (χ4n) is 1.03. The Labute approximate surface area is 83.0 Å². The number of rotatable bonds is 4. The summed E-state index contributed by atoms with van der Waals surface area (Å²) >= 11 is 0. The maximum atomic E-state index is 10.8. The van der Waals surface area contributed by atoms with E-state index in [0.29, 0.717) is 5.82 Å². The third kappa shape index (κ3) is 2.45. The predicted octanol–water partition coefficient (Wildman–Crippen LogP) is 1.99. The number of carbonyl (C=O) groups is 1. The Balaban J connectivity index is 2.90. The molecule has 0 aliphatic carbocycles. The Morgan fingerprint density at radius 1 is 1.71 bits per heavy atom. The quantitative estimate of drug-likeness (QED) is 0.769. The van der Waals surface area contributed by atoms with Crippen LogP contribution in [0, 0.1) is 0 Å². The molecule has 1 heterocycles. The Kier molecular flexibility index (Phi) is 3.45. The van der Waals surface area contributed by atoms with E-state index in [1.807, 2.05) is 13.8 Å². The lowest BCUT2D eigenvalue weighted by molar-refractivity contribution is 0.0697. The molecule has 0 aliphatic heterocycles. The fourth-order valence-corrected chi connectivity index (χ4v) is 1.03. The van der Waals surface area contributed by atoms with Crippen molar-refractivity contribution >= 4 is 11.8 Å². The Hall–Kier alpha value is -1.58. The predicted molar refractivity (Wildman–Crippen MR) is 54.6 cm³/mol. The summed E-state index contributed by atoms with van der Waals surface area (Å²) in [5.41, 5.74) is 0.216. The van der Waals surface area contributed by atoms with Crippen molar-refractivity contribution < 1.29 is 9.90 Å². The minimum atomic E-state index is -0.955. The molecule has 1 atom stereocenters. The third-order valence-corrected chi connectivity index (χ3v) is 2.03. The Morgan fingerprint density at radius 3 is 3.00 bits per heavy atom. The molecule has 2 N–H and O–H groups in total. The molecule has 0 aliphatic rings. The molecule has 1 rings (SSSR count). The molecule has 0 saturated heterocycles. The number of anilines is 1. The summed E-state index contributed by atoms with van der Waals surface area (Å²) in [4.78, 5) is 14.8. The van der Waals surface area contributed by atoms with Gasteiger partial charge in [0.2, 0.25) is 0 Å². The van der Waals surface area contributed by atoms with E-state index >= 15 is 0 Å². The van der Waals surface area contributed by atoms with Crippen LogP contribution in [0.2, 0.25) is 0 Å². The van der Waals surface area contributed by atoms with E-state index in [2.05, 4.69) is 10.3 Å². The highest BCUT2D eigenvalue weighted by Gasteiger charge is 2.11. The number of pyridine rings is 1. The van der Waals surface area contributed by atoms with Gasteiger partial charge in [0, 0.05) is 12.2 Å². The highest BCUT2D eigenvalue weighted by atomic mass is 16.4. The van der Waals surface area contributed by atoms with Crippen LogP contribution in [0.4, 0.5) is 5.82 Å². The molecule has 0 fully saturated rings. The topological polar surface area (TPSA) is 62.2 Å². The first-order chi connectivity index (χ1) is 6.65. The summed E-state index contributed by atoms with van der Waals surface area (Å²) in [6.07, 6.45) is 2.51. The highest BCUT2D eigenvalue weighted by Crippen LogP contribution is 2.12. The summed E-state index contributed by atoms with van der Waals surface area (Å²) in [7, 11) is 0. The van der Waals surface area contributed by atoms with Gasteiger partial charge in [0.1, 0.15) is 11.4 Å². The molecule has 1 aromatic heterocycles. The van der Waals surface area contributed by atoms with Crippen molar-refractivity contribution in [3.63, 3.8) is 0 Å². The van der Waals surface area contributed by atoms with Gasteiger partial charge in [-0.05, 0) is 25.5 Å². The number of carboxylic acids is 1. The molecular weight excluding hydrogens is 180 g/mol. The van der Waals surface area contributed by atoms with Gasteiger partial charge in [0.15, 0.2) is 0 Å². The van der Waals surface area contributed by atoms with Crippen LogP contribution in [-0.2, 0) is 0 Å². The monoisotopic (exact) mass is 194 g/mol. The second-order valence-electron chi connectivity index (χ2n) is 3.16. The maximum absolute atomic E-state index is 10.8. The number of nitrogens with zero attached hydrogens (tertiary/aromatic N) is 1. The summed E-state index contributed by atoms with van der Waals surface area (Å²) in [6, 6.07) is 3.38. The van der Waals surface area contributed by atoms with Crippen molar-refractivity contribution in [3.8, 4) is 0 Å². The van der Waals surface area contributed by atoms with E-state index in [1.165, 1.54) is 0 Å².